The molecular formula is C11H22. The van der Waals surface area contributed by atoms with Crippen LogP contribution in [0.2, 0.25) is 0 Å². The van der Waals surface area contributed by atoms with Gasteiger partial charge in [0.15, 0.2) is 0 Å². The van der Waals surface area contributed by atoms with Crippen molar-refractivity contribution in [3.63, 3.8) is 0 Å². The molecule has 0 aromatic carbocycles. The molecule has 0 aromatic rings. The smallest absolute Gasteiger partial charge is 0.0467 e. The summed E-state index contributed by atoms with van der Waals surface area (Å²) >= 11 is 0. The Kier molecular flexibility index (Phi) is 53.0. The summed E-state index contributed by atoms with van der Waals surface area (Å²) in [6, 6.07) is 0. The van der Waals surface area contributed by atoms with Gasteiger partial charge in [0.1, 0.15) is 0 Å². The van der Waals surface area contributed by atoms with Gasteiger partial charge in [-0.25, -0.2) is 0 Å². The summed E-state index contributed by atoms with van der Waals surface area (Å²) in [7, 11) is 0. The molecule has 0 amide bonds. The molecular weight excluding hydrogens is 132 g/mol. The highest BCUT2D eigenvalue weighted by Crippen LogP contribution is 1.64. The van der Waals surface area contributed by atoms with Crippen molar-refractivity contribution in [2.24, 2.45) is 0 Å². The first-order valence-corrected chi connectivity index (χ1v) is 4.14. The fourth-order valence-electron chi connectivity index (χ4n) is 0.136. The van der Waals surface area contributed by atoms with Crippen molar-refractivity contribution in [3.05, 3.63) is 37.0 Å². The zero-order chi connectivity index (χ0) is 9.54. The zero-order valence-corrected chi connectivity index (χ0v) is 8.59. The highest BCUT2D eigenvalue weighted by Gasteiger charge is 1.42. The quantitative estimate of drug-likeness (QED) is 0.389. The van der Waals surface area contributed by atoms with E-state index in [9.17, 15) is 0 Å². The summed E-state index contributed by atoms with van der Waals surface area (Å²) in [5.41, 5.74) is 0. The van der Waals surface area contributed by atoms with Crippen molar-refractivity contribution in [2.45, 2.75) is 34.6 Å². The van der Waals surface area contributed by atoms with Crippen molar-refractivity contribution >= 4 is 0 Å². The molecule has 11 heavy (non-hydrogen) atoms. The van der Waals surface area contributed by atoms with Crippen LogP contribution in [0.4, 0.5) is 0 Å². The largest absolute Gasteiger partial charge is 0.0991 e. The summed E-state index contributed by atoms with van der Waals surface area (Å²) in [6.07, 6.45) is 9.58. The van der Waals surface area contributed by atoms with Crippen molar-refractivity contribution in [2.75, 3.05) is 0 Å². The van der Waals surface area contributed by atoms with Gasteiger partial charge < -0.3 is 0 Å². The van der Waals surface area contributed by atoms with Crippen LogP contribution in [0.1, 0.15) is 34.6 Å². The van der Waals surface area contributed by atoms with Crippen LogP contribution in [0.5, 0.6) is 0 Å². The summed E-state index contributed by atoms with van der Waals surface area (Å²) in [4.78, 5) is 0. The van der Waals surface area contributed by atoms with Crippen LogP contribution in [0.3, 0.4) is 0 Å². The molecule has 0 aliphatic rings. The molecule has 0 saturated carbocycles. The molecule has 0 spiro atoms. The molecule has 0 atom stereocenters. The first-order chi connectivity index (χ1) is 5.33. The molecule has 0 unspecified atom stereocenters. The first-order valence-electron chi connectivity index (χ1n) is 4.14. The standard InChI is InChI=1S/C5H8.C4H8.C2H6/c1-3-5-4-2;1-3-4-2;1-2/h3-5H,1H2,2H3;3-4H,1-2H3;1-2H3/b5-4-;4-3-;. The molecule has 0 saturated heterocycles. The van der Waals surface area contributed by atoms with Crippen LogP contribution in [0.25, 0.3) is 0 Å². The number of allylic oxidation sites excluding steroid dienone is 5. The molecule has 0 rings (SSSR count). The van der Waals surface area contributed by atoms with Crippen LogP contribution in [-0.4, -0.2) is 0 Å². The molecule has 0 aliphatic heterocycles. The zero-order valence-electron chi connectivity index (χ0n) is 8.59. The SMILES string of the molecule is C/C=C\C.C=C/C=C\C.CC. The van der Waals surface area contributed by atoms with Gasteiger partial charge in [-0.1, -0.05) is 50.8 Å². The maximum absolute atomic E-state index is 3.46. The summed E-state index contributed by atoms with van der Waals surface area (Å²) in [6.45, 7) is 13.4. The lowest BCUT2D eigenvalue weighted by Gasteiger charge is -1.56. The summed E-state index contributed by atoms with van der Waals surface area (Å²) in [5.74, 6) is 0. The Morgan fingerprint density at radius 3 is 1.18 bits per heavy atom. The fourth-order valence-corrected chi connectivity index (χ4v) is 0.136. The molecule has 0 aromatic heterocycles. The van der Waals surface area contributed by atoms with Gasteiger partial charge in [0.05, 0.1) is 0 Å². The normalized spacial score (nSPS) is 8.09. The predicted octanol–water partition coefficient (Wildman–Crippen LogP) is 4.36. The van der Waals surface area contributed by atoms with Gasteiger partial charge in [-0.3, -0.25) is 0 Å². The van der Waals surface area contributed by atoms with Crippen LogP contribution in [0, 0.1) is 0 Å². The predicted molar refractivity (Wildman–Crippen MR) is 56.8 cm³/mol. The lowest BCUT2D eigenvalue weighted by Crippen LogP contribution is -1.33. The van der Waals surface area contributed by atoms with Crippen molar-refractivity contribution in [1.29, 1.82) is 0 Å². The molecule has 0 N–H and O–H groups in total. The number of hydrogen-bond acceptors (Lipinski definition) is 0. The molecule has 0 aliphatic carbocycles. The second kappa shape index (κ2) is 35.0. The maximum atomic E-state index is 3.46. The van der Waals surface area contributed by atoms with Crippen LogP contribution >= 0.6 is 0 Å². The van der Waals surface area contributed by atoms with E-state index in [0.717, 1.165) is 0 Å². The Labute approximate surface area is 72.3 Å². The second-order valence-electron chi connectivity index (χ2n) is 1.43. The van der Waals surface area contributed by atoms with Crippen molar-refractivity contribution in [1.82, 2.24) is 0 Å². The Bertz CT molecular complexity index is 82.2. The second-order valence-corrected chi connectivity index (χ2v) is 1.43. The third kappa shape index (κ3) is 97.5. The van der Waals surface area contributed by atoms with E-state index in [1.54, 1.807) is 6.08 Å². The molecule has 0 radical (unpaired) electrons. The number of hydrogen-bond donors (Lipinski definition) is 0. The van der Waals surface area contributed by atoms with Gasteiger partial charge in [0.25, 0.3) is 0 Å². The molecule has 0 fully saturated rings. The minimum Gasteiger partial charge on any atom is -0.0991 e. The average molecular weight is 154 g/mol. The van der Waals surface area contributed by atoms with Crippen molar-refractivity contribution < 1.29 is 0 Å². The minimum atomic E-state index is 1.75. The Morgan fingerprint density at radius 2 is 1.18 bits per heavy atom. The molecule has 0 heterocycles. The first kappa shape index (κ1) is 16.7. The van der Waals surface area contributed by atoms with Gasteiger partial charge in [-0.2, -0.15) is 0 Å². The monoisotopic (exact) mass is 154 g/mol. The van der Waals surface area contributed by atoms with Gasteiger partial charge in [0.2, 0.25) is 0 Å². The fraction of sp³-hybridized carbons (Fsp3) is 0.455. The van der Waals surface area contributed by atoms with Gasteiger partial charge in [-0.15, -0.1) is 0 Å². The van der Waals surface area contributed by atoms with Crippen LogP contribution in [0.15, 0.2) is 37.0 Å². The third-order valence-corrected chi connectivity index (χ3v) is 0.662. The van der Waals surface area contributed by atoms with E-state index < -0.39 is 0 Å². The van der Waals surface area contributed by atoms with E-state index in [2.05, 4.69) is 6.58 Å². The number of rotatable bonds is 1. The lowest BCUT2D eigenvalue weighted by atomic mass is 10.5. The molecule has 0 heteroatoms. The van der Waals surface area contributed by atoms with E-state index in [1.165, 1.54) is 0 Å². The molecule has 66 valence electrons. The molecule has 0 nitrogen and oxygen atoms in total. The minimum absolute atomic E-state index is 1.75. The van der Waals surface area contributed by atoms with Gasteiger partial charge in [0, 0.05) is 0 Å². The average Bonchev–Trinajstić information content (AvgIpc) is 2.10. The van der Waals surface area contributed by atoms with Crippen molar-refractivity contribution in [3.8, 4) is 0 Å². The lowest BCUT2D eigenvalue weighted by molar-refractivity contribution is 1.50. The van der Waals surface area contributed by atoms with E-state index in [0.29, 0.717) is 0 Å². The summed E-state index contributed by atoms with van der Waals surface area (Å²) < 4.78 is 0. The topological polar surface area (TPSA) is 0 Å². The van der Waals surface area contributed by atoms with E-state index >= 15 is 0 Å². The molecule has 0 bridgehead atoms. The summed E-state index contributed by atoms with van der Waals surface area (Å²) in [5, 5.41) is 0. The Hall–Kier alpha value is -0.780. The van der Waals surface area contributed by atoms with E-state index in [1.807, 2.05) is 58.9 Å². The van der Waals surface area contributed by atoms with E-state index in [-0.39, 0.29) is 0 Å². The Balaban J connectivity index is -0.0000000965. The third-order valence-electron chi connectivity index (χ3n) is 0.662. The highest BCUT2D eigenvalue weighted by molar-refractivity contribution is 4.94. The van der Waals surface area contributed by atoms with E-state index in [4.69, 9.17) is 0 Å². The van der Waals surface area contributed by atoms with Gasteiger partial charge in [-0.05, 0) is 20.8 Å². The highest BCUT2D eigenvalue weighted by atomic mass is 13.5. The van der Waals surface area contributed by atoms with Gasteiger partial charge >= 0.3 is 0 Å². The maximum Gasteiger partial charge on any atom is -0.0467 e. The Morgan fingerprint density at radius 1 is 0.818 bits per heavy atom. The van der Waals surface area contributed by atoms with Crippen LogP contribution < -0.4 is 0 Å². The van der Waals surface area contributed by atoms with Crippen LogP contribution in [-0.2, 0) is 0 Å².